The van der Waals surface area contributed by atoms with E-state index < -0.39 is 17.7 Å². The minimum absolute atomic E-state index is 0.134. The SMILES string of the molecule is COc1ccc(CN2C(=O)[C@@H]3C[C@@H](O)CN3C3(CN(C(C)C)C3)C2=O)cc1. The van der Waals surface area contributed by atoms with E-state index in [4.69, 9.17) is 4.74 Å². The van der Waals surface area contributed by atoms with Gasteiger partial charge in [0.15, 0.2) is 0 Å². The van der Waals surface area contributed by atoms with Crippen molar-refractivity contribution in [2.75, 3.05) is 26.7 Å². The Bertz CT molecular complexity index is 742. The van der Waals surface area contributed by atoms with Crippen LogP contribution < -0.4 is 4.74 Å². The van der Waals surface area contributed by atoms with Gasteiger partial charge in [0.05, 0.1) is 25.8 Å². The molecule has 0 radical (unpaired) electrons. The molecule has 1 N–H and O–H groups in total. The van der Waals surface area contributed by atoms with E-state index in [1.54, 1.807) is 7.11 Å². The van der Waals surface area contributed by atoms with E-state index in [1.165, 1.54) is 4.90 Å². The summed E-state index contributed by atoms with van der Waals surface area (Å²) in [5.74, 6) is 0.412. The molecule has 146 valence electrons. The maximum atomic E-state index is 13.4. The second-order valence-electron chi connectivity index (χ2n) is 8.17. The van der Waals surface area contributed by atoms with E-state index in [0.717, 1.165) is 11.3 Å². The fourth-order valence-corrected chi connectivity index (χ4v) is 4.55. The number of hydrogen-bond donors (Lipinski definition) is 1. The van der Waals surface area contributed by atoms with E-state index in [2.05, 4.69) is 18.7 Å². The second-order valence-corrected chi connectivity index (χ2v) is 8.17. The smallest absolute Gasteiger partial charge is 0.252 e. The van der Waals surface area contributed by atoms with Gasteiger partial charge in [-0.05, 0) is 38.0 Å². The van der Waals surface area contributed by atoms with Crippen LogP contribution in [0.4, 0.5) is 0 Å². The number of β-amino-alcohol motifs (C(OH)–C–C–N with tert-alkyl or cyclic N) is 1. The zero-order chi connectivity index (χ0) is 19.3. The van der Waals surface area contributed by atoms with Crippen LogP contribution in [0.3, 0.4) is 0 Å². The summed E-state index contributed by atoms with van der Waals surface area (Å²) >= 11 is 0. The lowest BCUT2D eigenvalue weighted by Gasteiger charge is -2.59. The van der Waals surface area contributed by atoms with Gasteiger partial charge >= 0.3 is 0 Å². The van der Waals surface area contributed by atoms with Gasteiger partial charge in [0.25, 0.3) is 5.91 Å². The third-order valence-electron chi connectivity index (χ3n) is 6.18. The van der Waals surface area contributed by atoms with Crippen molar-refractivity contribution in [1.29, 1.82) is 0 Å². The molecule has 0 aliphatic carbocycles. The molecule has 27 heavy (non-hydrogen) atoms. The van der Waals surface area contributed by atoms with Gasteiger partial charge < -0.3 is 9.84 Å². The molecule has 2 atom stereocenters. The number of carbonyl (C=O) groups excluding carboxylic acids is 2. The van der Waals surface area contributed by atoms with Crippen LogP contribution in [0.1, 0.15) is 25.8 Å². The first-order valence-electron chi connectivity index (χ1n) is 9.53. The summed E-state index contributed by atoms with van der Waals surface area (Å²) < 4.78 is 5.18. The number of fused-ring (bicyclic) bond motifs is 2. The van der Waals surface area contributed by atoms with Crippen LogP contribution in [-0.4, -0.2) is 82.1 Å². The number of likely N-dealkylation sites (tertiary alicyclic amines) is 1. The zero-order valence-corrected chi connectivity index (χ0v) is 16.1. The van der Waals surface area contributed by atoms with Gasteiger partial charge in [0, 0.05) is 25.7 Å². The topological polar surface area (TPSA) is 73.3 Å². The van der Waals surface area contributed by atoms with Crippen molar-refractivity contribution in [2.24, 2.45) is 0 Å². The number of carbonyl (C=O) groups is 2. The number of hydrogen-bond acceptors (Lipinski definition) is 6. The number of rotatable bonds is 4. The number of amides is 2. The highest BCUT2D eigenvalue weighted by atomic mass is 16.5. The largest absolute Gasteiger partial charge is 0.497 e. The van der Waals surface area contributed by atoms with Gasteiger partial charge in [-0.2, -0.15) is 0 Å². The Labute approximate surface area is 159 Å². The lowest BCUT2D eigenvalue weighted by molar-refractivity contribution is -0.182. The predicted octanol–water partition coefficient (Wildman–Crippen LogP) is 0.462. The Kier molecular flexibility index (Phi) is 4.49. The number of aliphatic hydroxyl groups is 1. The first-order chi connectivity index (χ1) is 12.9. The Balaban J connectivity index is 1.61. The third-order valence-corrected chi connectivity index (χ3v) is 6.18. The normalized spacial score (nSPS) is 28.0. The number of aliphatic hydroxyl groups excluding tert-OH is 1. The minimum Gasteiger partial charge on any atom is -0.497 e. The molecular formula is C20H27N3O4. The van der Waals surface area contributed by atoms with Crippen LogP contribution in [0.25, 0.3) is 0 Å². The Morgan fingerprint density at radius 3 is 2.48 bits per heavy atom. The molecule has 3 fully saturated rings. The molecule has 3 heterocycles. The predicted molar refractivity (Wildman–Crippen MR) is 99.1 cm³/mol. The van der Waals surface area contributed by atoms with E-state index in [9.17, 15) is 14.7 Å². The number of piperazine rings is 1. The van der Waals surface area contributed by atoms with Crippen LogP contribution in [-0.2, 0) is 16.1 Å². The van der Waals surface area contributed by atoms with Gasteiger partial charge in [-0.3, -0.25) is 24.3 Å². The first-order valence-corrected chi connectivity index (χ1v) is 9.53. The molecule has 1 aromatic rings. The maximum Gasteiger partial charge on any atom is 0.252 e. The molecule has 0 aromatic heterocycles. The summed E-state index contributed by atoms with van der Waals surface area (Å²) in [7, 11) is 1.60. The number of nitrogens with zero attached hydrogens (tertiary/aromatic N) is 3. The molecular weight excluding hydrogens is 346 g/mol. The summed E-state index contributed by atoms with van der Waals surface area (Å²) in [6.45, 7) is 6.09. The number of benzene rings is 1. The van der Waals surface area contributed by atoms with E-state index in [0.29, 0.717) is 32.1 Å². The van der Waals surface area contributed by atoms with Crippen LogP contribution in [0.5, 0.6) is 5.75 Å². The summed E-state index contributed by atoms with van der Waals surface area (Å²) in [6.07, 6.45) is -0.160. The van der Waals surface area contributed by atoms with Crippen molar-refractivity contribution in [3.63, 3.8) is 0 Å². The maximum absolute atomic E-state index is 13.4. The van der Waals surface area contributed by atoms with E-state index in [1.807, 2.05) is 29.2 Å². The molecule has 7 nitrogen and oxygen atoms in total. The van der Waals surface area contributed by atoms with Gasteiger partial charge in [0.2, 0.25) is 5.91 Å². The molecule has 4 rings (SSSR count). The van der Waals surface area contributed by atoms with Gasteiger partial charge in [-0.15, -0.1) is 0 Å². The Morgan fingerprint density at radius 1 is 1.22 bits per heavy atom. The minimum atomic E-state index is -0.688. The Hall–Kier alpha value is -1.96. The van der Waals surface area contributed by atoms with Crippen molar-refractivity contribution >= 4 is 11.8 Å². The van der Waals surface area contributed by atoms with Crippen LogP contribution in [0, 0.1) is 0 Å². The van der Waals surface area contributed by atoms with Gasteiger partial charge in [0.1, 0.15) is 11.3 Å². The van der Waals surface area contributed by atoms with Gasteiger partial charge in [-0.1, -0.05) is 12.1 Å². The van der Waals surface area contributed by atoms with E-state index in [-0.39, 0.29) is 18.4 Å². The summed E-state index contributed by atoms with van der Waals surface area (Å²) in [4.78, 5) is 32.1. The van der Waals surface area contributed by atoms with Crippen LogP contribution >= 0.6 is 0 Å². The highest BCUT2D eigenvalue weighted by Crippen LogP contribution is 2.41. The molecule has 0 unspecified atom stereocenters. The Morgan fingerprint density at radius 2 is 1.89 bits per heavy atom. The quantitative estimate of drug-likeness (QED) is 0.773. The first kappa shape index (κ1) is 18.4. The van der Waals surface area contributed by atoms with Gasteiger partial charge in [-0.25, -0.2) is 0 Å². The van der Waals surface area contributed by atoms with E-state index >= 15 is 0 Å². The average Bonchev–Trinajstić information content (AvgIpc) is 3.00. The highest BCUT2D eigenvalue weighted by molar-refractivity contribution is 6.06. The standard InChI is InChI=1S/C20H27N3O4/c1-13(2)21-11-20(12-21)19(26)22(9-14-4-6-16(27-3)7-5-14)18(25)17-8-15(24)10-23(17)20/h4-7,13,15,17,24H,8-12H2,1-3H3/t15-,17+/m1/s1. The number of methoxy groups -OCH3 is 1. The van der Waals surface area contributed by atoms with Crippen molar-refractivity contribution < 1.29 is 19.4 Å². The van der Waals surface area contributed by atoms with Crippen molar-refractivity contribution in [1.82, 2.24) is 14.7 Å². The highest BCUT2D eigenvalue weighted by Gasteiger charge is 2.64. The molecule has 3 aliphatic heterocycles. The lowest BCUT2D eigenvalue weighted by atomic mass is 9.81. The summed E-state index contributed by atoms with van der Waals surface area (Å²) in [5, 5.41) is 10.2. The van der Waals surface area contributed by atoms with Crippen molar-refractivity contribution in [2.45, 2.75) is 50.5 Å². The molecule has 1 spiro atoms. The molecule has 3 aliphatic rings. The molecule has 7 heteroatoms. The zero-order valence-electron chi connectivity index (χ0n) is 16.1. The fourth-order valence-electron chi connectivity index (χ4n) is 4.55. The number of ether oxygens (including phenoxy) is 1. The third kappa shape index (κ3) is 2.85. The van der Waals surface area contributed by atoms with Crippen LogP contribution in [0.15, 0.2) is 24.3 Å². The van der Waals surface area contributed by atoms with Crippen LogP contribution in [0.2, 0.25) is 0 Å². The average molecular weight is 373 g/mol. The summed E-state index contributed by atoms with van der Waals surface area (Å²) in [5.41, 5.74) is 0.201. The molecule has 0 saturated carbocycles. The lowest BCUT2D eigenvalue weighted by Crippen LogP contribution is -2.82. The number of imide groups is 1. The molecule has 1 aromatic carbocycles. The fraction of sp³-hybridized carbons (Fsp3) is 0.600. The monoisotopic (exact) mass is 373 g/mol. The molecule has 2 amide bonds. The molecule has 3 saturated heterocycles. The molecule has 0 bridgehead atoms. The summed E-state index contributed by atoms with van der Waals surface area (Å²) in [6, 6.07) is 7.36. The van der Waals surface area contributed by atoms with Crippen molar-refractivity contribution in [3.05, 3.63) is 29.8 Å². The second kappa shape index (κ2) is 6.58. The van der Waals surface area contributed by atoms with Crippen molar-refractivity contribution in [3.8, 4) is 5.75 Å².